The van der Waals surface area contributed by atoms with Gasteiger partial charge in [0.1, 0.15) is 24.2 Å². The Bertz CT molecular complexity index is 3130. The highest BCUT2D eigenvalue weighted by atomic mass is 16.2. The number of anilines is 2. The molecule has 20 nitrogen and oxygen atoms in total. The first-order valence-corrected chi connectivity index (χ1v) is 30.9. The number of nitrogens with zero attached hydrogens (tertiary/aromatic N) is 4. The molecule has 4 fully saturated rings. The molecule has 4 aliphatic rings. The van der Waals surface area contributed by atoms with Crippen molar-refractivity contribution >= 4 is 58.9 Å². The summed E-state index contributed by atoms with van der Waals surface area (Å²) in [7, 11) is 3.29. The van der Waals surface area contributed by atoms with Gasteiger partial charge in [-0.2, -0.15) is 0 Å². The quantitative estimate of drug-likeness (QED) is 0.0466. The van der Waals surface area contributed by atoms with Crippen molar-refractivity contribution in [2.24, 2.45) is 0 Å². The molecule has 0 spiro atoms. The Balaban J connectivity index is 0.756. The molecule has 89 heavy (non-hydrogen) atoms. The van der Waals surface area contributed by atoms with Crippen molar-refractivity contribution < 1.29 is 38.4 Å². The van der Waals surface area contributed by atoms with Crippen LogP contribution in [0.25, 0.3) is 0 Å². The lowest BCUT2D eigenvalue weighted by atomic mass is 9.98. The minimum absolute atomic E-state index is 0.115. The van der Waals surface area contributed by atoms with Crippen molar-refractivity contribution in [1.82, 2.24) is 51.5 Å². The number of carbonyl (C=O) groups excluding carboxylic acids is 8. The van der Waals surface area contributed by atoms with E-state index in [-0.39, 0.29) is 50.1 Å². The minimum atomic E-state index is -1.13. The lowest BCUT2D eigenvalue weighted by Crippen LogP contribution is -2.62. The first-order valence-electron chi connectivity index (χ1n) is 30.9. The Kier molecular flexibility index (Phi) is 20.5. The third-order valence-corrected chi connectivity index (χ3v) is 17.8. The molecule has 8 N–H and O–H groups in total. The molecule has 8 atom stereocenters. The number of benzene rings is 6. The third-order valence-electron chi connectivity index (χ3n) is 17.8. The topological polar surface area (TPSA) is 246 Å². The molecule has 4 aliphatic heterocycles. The fraction of sp³-hybridized carbons (Fsp3) is 0.362. The van der Waals surface area contributed by atoms with Gasteiger partial charge in [0.25, 0.3) is 0 Å². The molecular formula is C69H80N12O8. The predicted octanol–water partition coefficient (Wildman–Crippen LogP) is 6.47. The molecule has 0 aliphatic carbocycles. The number of fused-ring (bicyclic) bond motifs is 2. The minimum Gasteiger partial charge on any atom is -0.343 e. The highest BCUT2D eigenvalue weighted by Gasteiger charge is 2.48. The Hall–Kier alpha value is -9.40. The van der Waals surface area contributed by atoms with E-state index < -0.39 is 84.0 Å². The summed E-state index contributed by atoms with van der Waals surface area (Å²) in [6.07, 6.45) is 3.35. The van der Waals surface area contributed by atoms with Crippen LogP contribution in [-0.2, 0) is 35.2 Å². The van der Waals surface area contributed by atoms with Crippen LogP contribution in [0.2, 0.25) is 0 Å². The highest BCUT2D eigenvalue weighted by Crippen LogP contribution is 2.34. The molecular weight excluding hydrogens is 1120 g/mol. The summed E-state index contributed by atoms with van der Waals surface area (Å²) in [5.41, 5.74) is 6.58. The van der Waals surface area contributed by atoms with Crippen LogP contribution in [0.5, 0.6) is 0 Å². The van der Waals surface area contributed by atoms with Crippen LogP contribution >= 0.6 is 0 Å². The van der Waals surface area contributed by atoms with E-state index in [2.05, 4.69) is 42.5 Å². The van der Waals surface area contributed by atoms with E-state index in [0.717, 1.165) is 33.4 Å². The molecule has 0 unspecified atom stereocenters. The zero-order valence-corrected chi connectivity index (χ0v) is 50.8. The monoisotopic (exact) mass is 1200 g/mol. The van der Waals surface area contributed by atoms with Gasteiger partial charge in [0.05, 0.1) is 37.3 Å². The van der Waals surface area contributed by atoms with Gasteiger partial charge in [0, 0.05) is 36.5 Å². The maximum atomic E-state index is 14.7. The number of nitrogens with one attached hydrogen (secondary N) is 8. The summed E-state index contributed by atoms with van der Waals surface area (Å²) in [4.78, 5) is 120. The molecule has 20 heteroatoms. The van der Waals surface area contributed by atoms with Gasteiger partial charge in [-0.05, 0) is 131 Å². The molecule has 6 aromatic rings. The van der Waals surface area contributed by atoms with Crippen molar-refractivity contribution in [3.63, 3.8) is 0 Å². The Morgan fingerprint density at radius 3 is 1.08 bits per heavy atom. The van der Waals surface area contributed by atoms with Gasteiger partial charge in [0.15, 0.2) is 0 Å². The average molecular weight is 1210 g/mol. The van der Waals surface area contributed by atoms with Crippen LogP contribution in [0.4, 0.5) is 21.0 Å². The van der Waals surface area contributed by atoms with Crippen LogP contribution in [0.15, 0.2) is 170 Å². The largest absolute Gasteiger partial charge is 0.343 e. The number of hydrogen-bond donors (Lipinski definition) is 8. The molecule has 10 amide bonds. The van der Waals surface area contributed by atoms with E-state index in [1.807, 2.05) is 146 Å². The lowest BCUT2D eigenvalue weighted by Gasteiger charge is -2.39. The molecule has 6 aromatic carbocycles. The van der Waals surface area contributed by atoms with Crippen LogP contribution in [0.1, 0.15) is 97.8 Å². The normalized spacial score (nSPS) is 20.8. The van der Waals surface area contributed by atoms with Gasteiger partial charge in [-0.15, -0.1) is 0 Å². The van der Waals surface area contributed by atoms with E-state index in [1.165, 1.54) is 0 Å². The predicted molar refractivity (Wildman–Crippen MR) is 340 cm³/mol. The van der Waals surface area contributed by atoms with Gasteiger partial charge in [-0.3, -0.25) is 28.8 Å². The standard InChI is InChI=1S/C69H80N12O8/c1-44(70-3)62(82)74-56-42-78(39-37-54-33-35-58(80(54)66(56)86)64(84)76-60(48-17-9-5-10-18-48)49-19-11-6-12-20-49)68(88)72-52-29-25-46(26-30-52)41-47-27-31-53(32-28-47)73-69(89)79-40-38-55-34-36-59(81(55)67(87)57(43-79)75-63(83)45(2)71-4)65(85)77-61(50-21-13-7-14-22-50)51-23-15-8-16-24-51/h5-32,44-45,54-61,70-71H,33-43H2,1-4H3,(H,72,88)(H,73,89)(H,74,82)(H,75,83)(H,76,84)(H,77,85)/t44-,45-,54+,55+,56-,57-,58-,59-/m0/s1. The fourth-order valence-electron chi connectivity index (χ4n) is 12.5. The smallest absolute Gasteiger partial charge is 0.321 e. The number of carbonyl (C=O) groups is 8. The number of amides is 10. The van der Waals surface area contributed by atoms with Gasteiger partial charge in [-0.1, -0.05) is 146 Å². The summed E-state index contributed by atoms with van der Waals surface area (Å²) in [5, 5.41) is 24.1. The zero-order valence-electron chi connectivity index (χ0n) is 50.8. The first-order chi connectivity index (χ1) is 43.2. The highest BCUT2D eigenvalue weighted by molar-refractivity contribution is 5.97. The SMILES string of the molecule is CN[C@@H](C)C(=O)N[C@H]1CN(C(=O)Nc2ccc(Cc3ccc(NC(=O)N4CC[C@H]5CC[C@@H](C(=O)NC(c6ccccc6)c6ccccc6)N5C(=O)[C@@H](NC(=O)[C@H](C)NC)C4)cc3)cc2)CC[C@H]2CC[C@@H](C(=O)NC(c3ccccc3)c3ccccc3)N2C1=O. The van der Waals surface area contributed by atoms with E-state index in [9.17, 15) is 38.4 Å². The van der Waals surface area contributed by atoms with Crippen LogP contribution in [-0.4, -0.2) is 156 Å². The van der Waals surface area contributed by atoms with Gasteiger partial charge in [-0.25, -0.2) is 9.59 Å². The molecule has 0 bridgehead atoms. The molecule has 10 rings (SSSR count). The molecule has 0 radical (unpaired) electrons. The number of urea groups is 2. The van der Waals surface area contributed by atoms with Gasteiger partial charge in [0.2, 0.25) is 35.4 Å². The summed E-state index contributed by atoms with van der Waals surface area (Å²) < 4.78 is 0. The second kappa shape index (κ2) is 29.1. The average Bonchev–Trinajstić information content (AvgIpc) is 1.97. The zero-order chi connectivity index (χ0) is 62.6. The summed E-state index contributed by atoms with van der Waals surface area (Å²) in [5.74, 6) is -2.25. The van der Waals surface area contributed by atoms with E-state index in [1.54, 1.807) is 71.8 Å². The van der Waals surface area contributed by atoms with E-state index in [0.29, 0.717) is 56.3 Å². The van der Waals surface area contributed by atoms with Crippen LogP contribution < -0.4 is 42.5 Å². The van der Waals surface area contributed by atoms with Crippen molar-refractivity contribution in [2.45, 2.75) is 119 Å². The number of likely N-dealkylation sites (N-methyl/N-ethyl adjacent to an activating group) is 2. The Labute approximate surface area is 519 Å². The fourth-order valence-corrected chi connectivity index (χ4v) is 12.5. The van der Waals surface area contributed by atoms with Crippen LogP contribution in [0, 0.1) is 0 Å². The molecule has 0 aromatic heterocycles. The van der Waals surface area contributed by atoms with Crippen molar-refractivity contribution in [2.75, 3.05) is 50.9 Å². The van der Waals surface area contributed by atoms with E-state index in [4.69, 9.17) is 0 Å². The number of hydrogen-bond acceptors (Lipinski definition) is 10. The number of rotatable bonds is 18. The second-order valence-corrected chi connectivity index (χ2v) is 23.6. The molecule has 4 saturated heterocycles. The van der Waals surface area contributed by atoms with Gasteiger partial charge < -0.3 is 62.1 Å². The van der Waals surface area contributed by atoms with Crippen molar-refractivity contribution in [3.05, 3.63) is 203 Å². The lowest BCUT2D eigenvalue weighted by molar-refractivity contribution is -0.144. The Morgan fingerprint density at radius 1 is 0.438 bits per heavy atom. The molecule has 464 valence electrons. The maximum absolute atomic E-state index is 14.7. The van der Waals surface area contributed by atoms with Crippen LogP contribution in [0.3, 0.4) is 0 Å². The van der Waals surface area contributed by atoms with Crippen molar-refractivity contribution in [1.29, 1.82) is 0 Å². The summed E-state index contributed by atoms with van der Waals surface area (Å²) >= 11 is 0. The first kappa shape index (κ1) is 62.6. The van der Waals surface area contributed by atoms with Crippen molar-refractivity contribution in [3.8, 4) is 0 Å². The maximum Gasteiger partial charge on any atom is 0.321 e. The summed E-state index contributed by atoms with van der Waals surface area (Å²) in [6.45, 7) is 3.68. The third kappa shape index (κ3) is 15.1. The second-order valence-electron chi connectivity index (χ2n) is 23.6. The molecule has 0 saturated carbocycles. The van der Waals surface area contributed by atoms with Gasteiger partial charge >= 0.3 is 12.1 Å². The summed E-state index contributed by atoms with van der Waals surface area (Å²) in [6, 6.07) is 46.1. The Morgan fingerprint density at radius 2 is 0.764 bits per heavy atom. The molecule has 4 heterocycles. The van der Waals surface area contributed by atoms with E-state index >= 15 is 0 Å².